The second-order valence-corrected chi connectivity index (χ2v) is 8.71. The lowest BCUT2D eigenvalue weighted by molar-refractivity contribution is 0.0953. The average Bonchev–Trinajstić information content (AvgIpc) is 3.27. The van der Waals surface area contributed by atoms with E-state index in [2.05, 4.69) is 49.6 Å². The first-order chi connectivity index (χ1) is 15.1. The Hall–Kier alpha value is -2.97. The minimum absolute atomic E-state index is 0.0449. The third kappa shape index (κ3) is 5.39. The molecule has 0 unspecified atom stereocenters. The van der Waals surface area contributed by atoms with Crippen LogP contribution in [0.5, 0.6) is 0 Å². The van der Waals surface area contributed by atoms with Crippen molar-refractivity contribution in [2.24, 2.45) is 0 Å². The summed E-state index contributed by atoms with van der Waals surface area (Å²) in [5, 5.41) is 7.03. The van der Waals surface area contributed by atoms with Crippen LogP contribution in [0.4, 0.5) is 16.6 Å². The smallest absolute Gasteiger partial charge is 0.251 e. The molecule has 31 heavy (non-hydrogen) atoms. The first-order valence-corrected chi connectivity index (χ1v) is 11.4. The molecule has 1 aromatic carbocycles. The summed E-state index contributed by atoms with van der Waals surface area (Å²) in [5.41, 5.74) is 2.82. The van der Waals surface area contributed by atoms with E-state index in [-0.39, 0.29) is 5.91 Å². The predicted octanol–water partition coefficient (Wildman–Crippen LogP) is 3.84. The van der Waals surface area contributed by atoms with Gasteiger partial charge in [-0.3, -0.25) is 4.79 Å². The predicted molar refractivity (Wildman–Crippen MR) is 127 cm³/mol. The Morgan fingerprint density at radius 3 is 2.77 bits per heavy atom. The minimum atomic E-state index is -0.0449. The maximum absolute atomic E-state index is 12.3. The number of benzene rings is 1. The lowest BCUT2D eigenvalue weighted by Crippen LogP contribution is -2.44. The molecule has 0 saturated carbocycles. The summed E-state index contributed by atoms with van der Waals surface area (Å²) in [4.78, 5) is 27.0. The van der Waals surface area contributed by atoms with Crippen molar-refractivity contribution in [1.29, 1.82) is 0 Å². The van der Waals surface area contributed by atoms with E-state index in [0.717, 1.165) is 54.0 Å². The lowest BCUT2D eigenvalue weighted by atomic mass is 10.1. The number of amides is 1. The summed E-state index contributed by atoms with van der Waals surface area (Å²) >= 11 is 1.55. The Morgan fingerprint density at radius 1 is 1.13 bits per heavy atom. The van der Waals surface area contributed by atoms with Gasteiger partial charge in [0.05, 0.1) is 4.88 Å². The normalized spacial score (nSPS) is 14.5. The lowest BCUT2D eigenvalue weighted by Gasteiger charge is -2.34. The SMILES string of the molecule is CCCNC(=O)c1cccc(-c2cnc(Nc3cc(N4CCN(C)CC4)ccn3)s2)c1. The van der Waals surface area contributed by atoms with Crippen molar-refractivity contribution in [2.45, 2.75) is 13.3 Å². The number of rotatable bonds is 7. The zero-order valence-electron chi connectivity index (χ0n) is 18.0. The topological polar surface area (TPSA) is 73.4 Å². The van der Waals surface area contributed by atoms with Crippen LogP contribution in [0.1, 0.15) is 23.7 Å². The van der Waals surface area contributed by atoms with Crippen molar-refractivity contribution >= 4 is 33.9 Å². The number of carbonyl (C=O) groups excluding carboxylic acids is 1. The van der Waals surface area contributed by atoms with Gasteiger partial charge < -0.3 is 20.4 Å². The van der Waals surface area contributed by atoms with E-state index >= 15 is 0 Å². The zero-order chi connectivity index (χ0) is 21.6. The molecular weight excluding hydrogens is 408 g/mol. The number of pyridine rings is 1. The number of carbonyl (C=O) groups is 1. The highest BCUT2D eigenvalue weighted by Crippen LogP contribution is 2.31. The molecule has 0 aliphatic carbocycles. The molecule has 1 fully saturated rings. The monoisotopic (exact) mass is 436 g/mol. The fraction of sp³-hybridized carbons (Fsp3) is 0.348. The van der Waals surface area contributed by atoms with Crippen LogP contribution in [0.25, 0.3) is 10.4 Å². The summed E-state index contributed by atoms with van der Waals surface area (Å²) in [6.07, 6.45) is 4.59. The fourth-order valence-electron chi connectivity index (χ4n) is 3.48. The van der Waals surface area contributed by atoms with E-state index in [4.69, 9.17) is 0 Å². The number of hydrogen-bond donors (Lipinski definition) is 2. The van der Waals surface area contributed by atoms with Crippen LogP contribution >= 0.6 is 11.3 Å². The van der Waals surface area contributed by atoms with E-state index in [0.29, 0.717) is 12.1 Å². The number of anilines is 3. The van der Waals surface area contributed by atoms with Crippen LogP contribution in [0.2, 0.25) is 0 Å². The Bertz CT molecular complexity index is 1030. The molecule has 1 aliphatic rings. The van der Waals surface area contributed by atoms with E-state index in [1.54, 1.807) is 11.3 Å². The van der Waals surface area contributed by atoms with E-state index in [9.17, 15) is 4.79 Å². The molecule has 4 rings (SSSR count). The Kier molecular flexibility index (Phi) is 6.79. The maximum Gasteiger partial charge on any atom is 0.251 e. The van der Waals surface area contributed by atoms with Crippen molar-refractivity contribution in [2.75, 3.05) is 50.0 Å². The molecule has 3 heterocycles. The first-order valence-electron chi connectivity index (χ1n) is 10.6. The number of nitrogens with zero attached hydrogens (tertiary/aromatic N) is 4. The average molecular weight is 437 g/mol. The highest BCUT2D eigenvalue weighted by atomic mass is 32.1. The molecule has 0 bridgehead atoms. The molecule has 1 aliphatic heterocycles. The molecular formula is C23H28N6OS. The van der Waals surface area contributed by atoms with Crippen LogP contribution in [-0.2, 0) is 0 Å². The van der Waals surface area contributed by atoms with Gasteiger partial charge in [-0.05, 0) is 37.2 Å². The molecule has 0 radical (unpaired) electrons. The van der Waals surface area contributed by atoms with Gasteiger partial charge in [-0.15, -0.1) is 0 Å². The molecule has 8 heteroatoms. The third-order valence-corrected chi connectivity index (χ3v) is 6.26. The van der Waals surface area contributed by atoms with E-state index in [1.807, 2.05) is 43.6 Å². The van der Waals surface area contributed by atoms with Crippen LogP contribution in [0, 0.1) is 0 Å². The molecule has 162 valence electrons. The number of thiazole rings is 1. The quantitative estimate of drug-likeness (QED) is 0.586. The van der Waals surface area contributed by atoms with Gasteiger partial charge >= 0.3 is 0 Å². The fourth-order valence-corrected chi connectivity index (χ4v) is 4.30. The maximum atomic E-state index is 12.3. The van der Waals surface area contributed by atoms with Crippen molar-refractivity contribution in [3.63, 3.8) is 0 Å². The molecule has 7 nitrogen and oxygen atoms in total. The van der Waals surface area contributed by atoms with Gasteiger partial charge in [-0.2, -0.15) is 0 Å². The van der Waals surface area contributed by atoms with Crippen molar-refractivity contribution in [3.05, 3.63) is 54.4 Å². The van der Waals surface area contributed by atoms with Gasteiger partial charge in [0.1, 0.15) is 5.82 Å². The van der Waals surface area contributed by atoms with Crippen LogP contribution < -0.4 is 15.5 Å². The number of piperazine rings is 1. The summed E-state index contributed by atoms with van der Waals surface area (Å²) in [7, 11) is 2.16. The van der Waals surface area contributed by atoms with Gasteiger partial charge in [-0.25, -0.2) is 9.97 Å². The summed E-state index contributed by atoms with van der Waals surface area (Å²) < 4.78 is 0. The highest BCUT2D eigenvalue weighted by Gasteiger charge is 2.15. The number of nitrogens with one attached hydrogen (secondary N) is 2. The number of hydrogen-bond acceptors (Lipinski definition) is 7. The number of aromatic nitrogens is 2. The van der Waals surface area contributed by atoms with Gasteiger partial charge in [0.15, 0.2) is 5.13 Å². The Labute approximate surface area is 187 Å². The van der Waals surface area contributed by atoms with Crippen molar-refractivity contribution < 1.29 is 4.79 Å². The largest absolute Gasteiger partial charge is 0.369 e. The van der Waals surface area contributed by atoms with Gasteiger partial charge in [-0.1, -0.05) is 30.4 Å². The van der Waals surface area contributed by atoms with Crippen LogP contribution in [-0.4, -0.2) is 60.5 Å². The first kappa shape index (κ1) is 21.3. The standard InChI is InChI=1S/C23H28N6OS/c1-3-8-25-22(30)18-6-4-5-17(14-18)20-16-26-23(31-20)27-21-15-19(7-9-24-21)29-12-10-28(2)11-13-29/h4-7,9,14-16H,3,8,10-13H2,1-2H3,(H,25,30)(H,24,26,27). The van der Waals surface area contributed by atoms with Crippen LogP contribution in [0.3, 0.4) is 0 Å². The molecule has 0 spiro atoms. The molecule has 1 saturated heterocycles. The molecule has 0 atom stereocenters. The molecule has 1 amide bonds. The van der Waals surface area contributed by atoms with E-state index < -0.39 is 0 Å². The van der Waals surface area contributed by atoms with Gasteiger partial charge in [0.25, 0.3) is 5.91 Å². The molecule has 3 aromatic rings. The second-order valence-electron chi connectivity index (χ2n) is 7.68. The Morgan fingerprint density at radius 2 is 1.97 bits per heavy atom. The number of likely N-dealkylation sites (N-methyl/N-ethyl adjacent to an activating group) is 1. The zero-order valence-corrected chi connectivity index (χ0v) is 18.8. The summed E-state index contributed by atoms with van der Waals surface area (Å²) in [6.45, 7) is 6.89. The van der Waals surface area contributed by atoms with Crippen molar-refractivity contribution in [1.82, 2.24) is 20.2 Å². The summed E-state index contributed by atoms with van der Waals surface area (Å²) in [6, 6.07) is 11.8. The third-order valence-electron chi connectivity index (χ3n) is 5.30. The van der Waals surface area contributed by atoms with Gasteiger partial charge in [0.2, 0.25) is 0 Å². The minimum Gasteiger partial charge on any atom is -0.369 e. The summed E-state index contributed by atoms with van der Waals surface area (Å²) in [5.74, 6) is 0.738. The van der Waals surface area contributed by atoms with Crippen molar-refractivity contribution in [3.8, 4) is 10.4 Å². The second kappa shape index (κ2) is 9.89. The molecule has 2 aromatic heterocycles. The molecule has 2 N–H and O–H groups in total. The Balaban J connectivity index is 1.45. The van der Waals surface area contributed by atoms with Gasteiger partial charge in [0, 0.05) is 62.4 Å². The highest BCUT2D eigenvalue weighted by molar-refractivity contribution is 7.18. The van der Waals surface area contributed by atoms with E-state index in [1.165, 1.54) is 5.69 Å². The van der Waals surface area contributed by atoms with Crippen LogP contribution in [0.15, 0.2) is 48.8 Å².